The van der Waals surface area contributed by atoms with E-state index in [2.05, 4.69) is 10.4 Å². The molecule has 168 valence electrons. The van der Waals surface area contributed by atoms with Crippen LogP contribution in [0.25, 0.3) is 5.69 Å². The van der Waals surface area contributed by atoms with Gasteiger partial charge in [0.2, 0.25) is 10.0 Å². The highest BCUT2D eigenvalue weighted by Crippen LogP contribution is 2.23. The van der Waals surface area contributed by atoms with Crippen molar-refractivity contribution < 1.29 is 13.2 Å². The Morgan fingerprint density at radius 1 is 0.938 bits per heavy atom. The number of nitrogens with zero attached hydrogens (tertiary/aromatic N) is 3. The fourth-order valence-electron chi connectivity index (χ4n) is 4.01. The zero-order valence-corrected chi connectivity index (χ0v) is 19.2. The van der Waals surface area contributed by atoms with E-state index < -0.39 is 10.0 Å². The summed E-state index contributed by atoms with van der Waals surface area (Å²) in [4.78, 5) is 13.0. The Hall–Kier alpha value is -2.97. The van der Waals surface area contributed by atoms with E-state index in [9.17, 15) is 13.2 Å². The molecule has 32 heavy (non-hydrogen) atoms. The Bertz CT molecular complexity index is 1210. The largest absolute Gasteiger partial charge is 0.322 e. The van der Waals surface area contributed by atoms with Crippen LogP contribution in [0.2, 0.25) is 0 Å². The van der Waals surface area contributed by atoms with Gasteiger partial charge in [-0.15, -0.1) is 0 Å². The predicted octanol–water partition coefficient (Wildman–Crippen LogP) is 4.31. The van der Waals surface area contributed by atoms with Gasteiger partial charge in [0.05, 0.1) is 16.3 Å². The molecular weight excluding hydrogens is 424 g/mol. The summed E-state index contributed by atoms with van der Waals surface area (Å²) < 4.78 is 29.5. The first-order valence-electron chi connectivity index (χ1n) is 10.9. The fraction of sp³-hybridized carbons (Fsp3) is 0.333. The molecule has 1 amide bonds. The topological polar surface area (TPSA) is 84.3 Å². The third-order valence-electron chi connectivity index (χ3n) is 5.68. The molecular formula is C24H28N4O3S. The predicted molar refractivity (Wildman–Crippen MR) is 125 cm³/mol. The third kappa shape index (κ3) is 4.76. The molecule has 0 saturated carbocycles. The van der Waals surface area contributed by atoms with Crippen molar-refractivity contribution in [2.75, 3.05) is 18.4 Å². The minimum atomic E-state index is -3.57. The zero-order chi connectivity index (χ0) is 22.7. The SMILES string of the molecule is Cc1cc(C)n(-c2ccc(C(=O)Nc3cccc(S(=O)(=O)N4CCCCCC4)c3)cc2)n1. The standard InChI is InChI=1S/C24H28N4O3S/c1-18-16-19(2)28(26-18)22-12-10-20(11-13-22)24(29)25-21-8-7-9-23(17-21)32(30,31)27-14-5-3-4-6-15-27/h7-13,16-17H,3-6,14-15H2,1-2H3,(H,25,29). The van der Waals surface area contributed by atoms with Gasteiger partial charge in [-0.25, -0.2) is 13.1 Å². The van der Waals surface area contributed by atoms with E-state index in [1.165, 1.54) is 6.07 Å². The first-order valence-corrected chi connectivity index (χ1v) is 12.3. The number of carbonyl (C=O) groups excluding carboxylic acids is 1. The molecule has 8 heteroatoms. The second kappa shape index (κ2) is 9.26. The molecule has 0 atom stereocenters. The molecule has 1 aliphatic rings. The van der Waals surface area contributed by atoms with E-state index >= 15 is 0 Å². The quantitative estimate of drug-likeness (QED) is 0.625. The van der Waals surface area contributed by atoms with Crippen LogP contribution >= 0.6 is 0 Å². The van der Waals surface area contributed by atoms with Crippen molar-refractivity contribution in [3.63, 3.8) is 0 Å². The van der Waals surface area contributed by atoms with Crippen LogP contribution in [0.4, 0.5) is 5.69 Å². The lowest BCUT2D eigenvalue weighted by atomic mass is 10.2. The lowest BCUT2D eigenvalue weighted by molar-refractivity contribution is 0.102. The number of hydrogen-bond acceptors (Lipinski definition) is 4. The van der Waals surface area contributed by atoms with E-state index in [0.29, 0.717) is 24.3 Å². The maximum atomic E-state index is 13.1. The van der Waals surface area contributed by atoms with Gasteiger partial charge in [0, 0.05) is 30.0 Å². The highest BCUT2D eigenvalue weighted by atomic mass is 32.2. The van der Waals surface area contributed by atoms with Crippen molar-refractivity contribution >= 4 is 21.6 Å². The molecule has 0 unspecified atom stereocenters. The van der Waals surface area contributed by atoms with Crippen LogP contribution in [0, 0.1) is 13.8 Å². The number of benzene rings is 2. The van der Waals surface area contributed by atoms with Crippen LogP contribution in [0.15, 0.2) is 59.5 Å². The normalized spacial score (nSPS) is 15.3. The summed E-state index contributed by atoms with van der Waals surface area (Å²) in [6.45, 7) is 5.00. The second-order valence-electron chi connectivity index (χ2n) is 8.19. The number of hydrogen-bond donors (Lipinski definition) is 1. The number of nitrogens with one attached hydrogen (secondary N) is 1. The molecule has 3 aromatic rings. The Morgan fingerprint density at radius 2 is 1.62 bits per heavy atom. The average Bonchev–Trinajstić information content (AvgIpc) is 2.97. The monoisotopic (exact) mass is 452 g/mol. The number of aryl methyl sites for hydroxylation is 2. The molecule has 1 aromatic heterocycles. The summed E-state index contributed by atoms with van der Waals surface area (Å²) in [7, 11) is -3.57. The van der Waals surface area contributed by atoms with Crippen LogP contribution in [-0.2, 0) is 10.0 Å². The first kappa shape index (κ1) is 22.2. The maximum absolute atomic E-state index is 13.1. The molecule has 0 bridgehead atoms. The fourth-order valence-corrected chi connectivity index (χ4v) is 5.58. The number of sulfonamides is 1. The van der Waals surface area contributed by atoms with Crippen molar-refractivity contribution in [2.24, 2.45) is 0 Å². The smallest absolute Gasteiger partial charge is 0.255 e. The van der Waals surface area contributed by atoms with E-state index in [4.69, 9.17) is 0 Å². The minimum absolute atomic E-state index is 0.206. The van der Waals surface area contributed by atoms with Crippen LogP contribution in [0.1, 0.15) is 47.4 Å². The number of anilines is 1. The van der Waals surface area contributed by atoms with Gasteiger partial charge >= 0.3 is 0 Å². The molecule has 1 aliphatic heterocycles. The Balaban J connectivity index is 1.49. The first-order chi connectivity index (χ1) is 15.3. The van der Waals surface area contributed by atoms with E-state index in [-0.39, 0.29) is 10.8 Å². The van der Waals surface area contributed by atoms with Gasteiger partial charge in [-0.05, 0) is 75.2 Å². The molecule has 2 aromatic carbocycles. The van der Waals surface area contributed by atoms with Gasteiger partial charge in [-0.2, -0.15) is 9.40 Å². The Morgan fingerprint density at radius 3 is 2.25 bits per heavy atom. The van der Waals surface area contributed by atoms with Crippen LogP contribution in [0.5, 0.6) is 0 Å². The molecule has 0 radical (unpaired) electrons. The summed E-state index contributed by atoms with van der Waals surface area (Å²) in [5.74, 6) is -0.297. The van der Waals surface area contributed by atoms with Gasteiger partial charge in [0.25, 0.3) is 5.91 Å². The second-order valence-corrected chi connectivity index (χ2v) is 10.1. The maximum Gasteiger partial charge on any atom is 0.255 e. The average molecular weight is 453 g/mol. The minimum Gasteiger partial charge on any atom is -0.322 e. The summed E-state index contributed by atoms with van der Waals surface area (Å²) in [5, 5.41) is 7.27. The lowest BCUT2D eigenvalue weighted by Gasteiger charge is -2.20. The molecule has 7 nitrogen and oxygen atoms in total. The summed E-state index contributed by atoms with van der Waals surface area (Å²) >= 11 is 0. The molecule has 1 fully saturated rings. The van der Waals surface area contributed by atoms with E-state index in [1.807, 2.05) is 36.7 Å². The number of aromatic nitrogens is 2. The van der Waals surface area contributed by atoms with Gasteiger partial charge in [0.1, 0.15) is 0 Å². The molecule has 2 heterocycles. The number of amides is 1. The van der Waals surface area contributed by atoms with Crippen LogP contribution < -0.4 is 5.32 Å². The van der Waals surface area contributed by atoms with Crippen LogP contribution in [-0.4, -0.2) is 41.5 Å². The Kier molecular flexibility index (Phi) is 6.43. The van der Waals surface area contributed by atoms with E-state index in [1.54, 1.807) is 34.6 Å². The highest BCUT2D eigenvalue weighted by molar-refractivity contribution is 7.89. The van der Waals surface area contributed by atoms with Crippen LogP contribution in [0.3, 0.4) is 0 Å². The van der Waals surface area contributed by atoms with Crippen molar-refractivity contribution in [1.29, 1.82) is 0 Å². The highest BCUT2D eigenvalue weighted by Gasteiger charge is 2.25. The Labute approximate surface area is 189 Å². The molecule has 0 spiro atoms. The van der Waals surface area contributed by atoms with Crippen molar-refractivity contribution in [3.05, 3.63) is 71.5 Å². The molecule has 0 aliphatic carbocycles. The third-order valence-corrected chi connectivity index (χ3v) is 7.57. The van der Waals surface area contributed by atoms with Crippen molar-refractivity contribution in [1.82, 2.24) is 14.1 Å². The summed E-state index contributed by atoms with van der Waals surface area (Å²) in [6.07, 6.45) is 3.87. The van der Waals surface area contributed by atoms with Crippen molar-refractivity contribution in [3.8, 4) is 5.69 Å². The zero-order valence-electron chi connectivity index (χ0n) is 18.4. The summed E-state index contributed by atoms with van der Waals surface area (Å²) in [5.41, 5.74) is 3.75. The van der Waals surface area contributed by atoms with Gasteiger partial charge in [0.15, 0.2) is 0 Å². The summed E-state index contributed by atoms with van der Waals surface area (Å²) in [6, 6.07) is 15.6. The van der Waals surface area contributed by atoms with Gasteiger partial charge < -0.3 is 5.32 Å². The van der Waals surface area contributed by atoms with Gasteiger partial charge in [-0.1, -0.05) is 18.9 Å². The van der Waals surface area contributed by atoms with E-state index in [0.717, 1.165) is 42.8 Å². The van der Waals surface area contributed by atoms with Gasteiger partial charge in [-0.3, -0.25) is 4.79 Å². The van der Waals surface area contributed by atoms with Crippen molar-refractivity contribution in [2.45, 2.75) is 44.4 Å². The molecule has 1 N–H and O–H groups in total. The molecule has 1 saturated heterocycles. The number of carbonyl (C=O) groups is 1. The molecule has 4 rings (SSSR count). The number of rotatable bonds is 5. The lowest BCUT2D eigenvalue weighted by Crippen LogP contribution is -2.32.